The van der Waals surface area contributed by atoms with Crippen molar-refractivity contribution in [3.8, 4) is 0 Å². The van der Waals surface area contributed by atoms with Gasteiger partial charge in [0.2, 0.25) is 0 Å². The second-order valence-corrected chi connectivity index (χ2v) is 6.62. The molecule has 0 amide bonds. The molecule has 0 aliphatic rings. The van der Waals surface area contributed by atoms with E-state index in [1.54, 1.807) is 24.4 Å². The minimum atomic E-state index is -3.27. The topological polar surface area (TPSA) is 101 Å². The summed E-state index contributed by atoms with van der Waals surface area (Å²) in [4.78, 5) is 8.57. The first-order valence-electron chi connectivity index (χ1n) is 6.21. The minimum absolute atomic E-state index is 0.245. The molecular formula is C13H13N5O2S. The van der Waals surface area contributed by atoms with Gasteiger partial charge in [-0.2, -0.15) is 5.10 Å². The molecule has 1 aromatic carbocycles. The number of sulfone groups is 1. The van der Waals surface area contributed by atoms with Crippen molar-refractivity contribution < 1.29 is 8.42 Å². The van der Waals surface area contributed by atoms with Gasteiger partial charge in [-0.05, 0) is 24.3 Å². The highest BCUT2D eigenvalue weighted by molar-refractivity contribution is 7.90. The predicted molar refractivity (Wildman–Crippen MR) is 78.6 cm³/mol. The first-order valence-corrected chi connectivity index (χ1v) is 8.10. The molecule has 0 radical (unpaired) electrons. The van der Waals surface area contributed by atoms with Crippen molar-refractivity contribution >= 4 is 26.6 Å². The van der Waals surface area contributed by atoms with Gasteiger partial charge < -0.3 is 5.32 Å². The third-order valence-electron chi connectivity index (χ3n) is 3.04. The van der Waals surface area contributed by atoms with E-state index in [0.29, 0.717) is 23.3 Å². The van der Waals surface area contributed by atoms with Crippen molar-refractivity contribution in [3.63, 3.8) is 0 Å². The lowest BCUT2D eigenvalue weighted by atomic mass is 10.2. The normalized spacial score (nSPS) is 11.7. The van der Waals surface area contributed by atoms with Gasteiger partial charge >= 0.3 is 0 Å². The van der Waals surface area contributed by atoms with E-state index in [1.165, 1.54) is 12.6 Å². The summed E-state index contributed by atoms with van der Waals surface area (Å²) in [5, 5.41) is 10.5. The molecule has 3 rings (SSSR count). The predicted octanol–water partition coefficient (Wildman–Crippen LogP) is 1.37. The third kappa shape index (κ3) is 2.84. The average molecular weight is 303 g/mol. The van der Waals surface area contributed by atoms with Crippen LogP contribution in [0.25, 0.3) is 10.9 Å². The fourth-order valence-electron chi connectivity index (χ4n) is 1.97. The van der Waals surface area contributed by atoms with Gasteiger partial charge in [-0.3, -0.25) is 5.10 Å². The maximum absolute atomic E-state index is 11.7. The molecule has 8 heteroatoms. The number of hydrogen-bond donors (Lipinski definition) is 2. The molecule has 0 bridgehead atoms. The summed E-state index contributed by atoms with van der Waals surface area (Å²) in [7, 11) is -3.27. The van der Waals surface area contributed by atoms with Crippen LogP contribution in [0.5, 0.6) is 0 Å². The second-order valence-electron chi connectivity index (χ2n) is 4.61. The Morgan fingerprint density at radius 2 is 2.10 bits per heavy atom. The number of nitrogens with zero attached hydrogens (tertiary/aromatic N) is 3. The first kappa shape index (κ1) is 13.5. The molecule has 108 valence electrons. The summed E-state index contributed by atoms with van der Waals surface area (Å²) in [6.45, 7) is 0.509. The summed E-state index contributed by atoms with van der Waals surface area (Å²) in [5.41, 5.74) is 1.59. The van der Waals surface area contributed by atoms with Crippen LogP contribution in [-0.4, -0.2) is 34.8 Å². The average Bonchev–Trinajstić information content (AvgIpc) is 2.96. The van der Waals surface area contributed by atoms with E-state index < -0.39 is 9.84 Å². The number of aromatic amines is 1. The van der Waals surface area contributed by atoms with E-state index in [0.717, 1.165) is 5.69 Å². The molecule has 3 aromatic rings. The Bertz CT molecular complexity index is 875. The molecule has 0 atom stereocenters. The minimum Gasteiger partial charge on any atom is -0.364 e. The van der Waals surface area contributed by atoms with Gasteiger partial charge in [0.25, 0.3) is 0 Å². The molecule has 0 unspecified atom stereocenters. The van der Waals surface area contributed by atoms with E-state index in [-0.39, 0.29) is 4.90 Å². The van der Waals surface area contributed by atoms with Crippen molar-refractivity contribution in [2.45, 2.75) is 11.4 Å². The van der Waals surface area contributed by atoms with Gasteiger partial charge in [-0.1, -0.05) is 0 Å². The van der Waals surface area contributed by atoms with E-state index in [9.17, 15) is 8.42 Å². The van der Waals surface area contributed by atoms with E-state index >= 15 is 0 Å². The zero-order chi connectivity index (χ0) is 14.9. The van der Waals surface area contributed by atoms with Gasteiger partial charge in [0, 0.05) is 17.8 Å². The Balaban J connectivity index is 2.01. The highest BCUT2D eigenvalue weighted by atomic mass is 32.2. The SMILES string of the molecule is CS(=O)(=O)c1ccc2ncnc(NCc3ccn[nH]3)c2c1. The highest BCUT2D eigenvalue weighted by Crippen LogP contribution is 2.23. The monoisotopic (exact) mass is 303 g/mol. The number of H-pyrrole nitrogens is 1. The van der Waals surface area contributed by atoms with Crippen LogP contribution in [0.3, 0.4) is 0 Å². The van der Waals surface area contributed by atoms with Gasteiger partial charge in [0.05, 0.1) is 22.7 Å². The maximum Gasteiger partial charge on any atom is 0.175 e. The van der Waals surface area contributed by atoms with E-state index in [2.05, 4.69) is 25.5 Å². The quantitative estimate of drug-likeness (QED) is 0.755. The van der Waals surface area contributed by atoms with Crippen LogP contribution < -0.4 is 5.32 Å². The summed E-state index contributed by atoms with van der Waals surface area (Å²) in [6.07, 6.45) is 4.28. The van der Waals surface area contributed by atoms with Gasteiger partial charge in [-0.15, -0.1) is 0 Å². The van der Waals surface area contributed by atoms with Crippen molar-refractivity contribution in [2.75, 3.05) is 11.6 Å². The molecule has 21 heavy (non-hydrogen) atoms. The van der Waals surface area contributed by atoms with Crippen LogP contribution in [0.1, 0.15) is 5.69 Å². The molecule has 0 aliphatic heterocycles. The van der Waals surface area contributed by atoms with Gasteiger partial charge in [0.15, 0.2) is 9.84 Å². The Hall–Kier alpha value is -2.48. The van der Waals surface area contributed by atoms with Crippen molar-refractivity contribution in [1.29, 1.82) is 0 Å². The zero-order valence-electron chi connectivity index (χ0n) is 11.2. The number of aromatic nitrogens is 4. The van der Waals surface area contributed by atoms with Crippen molar-refractivity contribution in [2.24, 2.45) is 0 Å². The van der Waals surface area contributed by atoms with Crippen LogP contribution in [0.4, 0.5) is 5.82 Å². The van der Waals surface area contributed by atoms with Gasteiger partial charge in [0.1, 0.15) is 12.1 Å². The number of fused-ring (bicyclic) bond motifs is 1. The second kappa shape index (κ2) is 5.13. The third-order valence-corrected chi connectivity index (χ3v) is 4.15. The standard InChI is InChI=1S/C13H13N5O2S/c1-21(19,20)10-2-3-12-11(6-10)13(16-8-15-12)14-7-9-4-5-17-18-9/h2-6,8H,7H2,1H3,(H,17,18)(H,14,15,16). The molecule has 7 nitrogen and oxygen atoms in total. The smallest absolute Gasteiger partial charge is 0.175 e. The van der Waals surface area contributed by atoms with Crippen LogP contribution in [0, 0.1) is 0 Å². The highest BCUT2D eigenvalue weighted by Gasteiger charge is 2.11. The van der Waals surface area contributed by atoms with Crippen LogP contribution in [0.2, 0.25) is 0 Å². The molecule has 2 aromatic heterocycles. The zero-order valence-corrected chi connectivity index (χ0v) is 12.1. The Labute approximate surface area is 121 Å². The van der Waals surface area contributed by atoms with Crippen molar-refractivity contribution in [3.05, 3.63) is 42.5 Å². The molecule has 0 fully saturated rings. The van der Waals surface area contributed by atoms with E-state index in [1.807, 2.05) is 6.07 Å². The first-order chi connectivity index (χ1) is 10.0. The number of benzene rings is 1. The lowest BCUT2D eigenvalue weighted by Gasteiger charge is -2.08. The van der Waals surface area contributed by atoms with Crippen molar-refractivity contribution in [1.82, 2.24) is 20.2 Å². The summed E-state index contributed by atoms with van der Waals surface area (Å²) in [6, 6.07) is 6.65. The Kier molecular flexibility index (Phi) is 3.30. The maximum atomic E-state index is 11.7. The molecule has 0 aliphatic carbocycles. The number of anilines is 1. The van der Waals surface area contributed by atoms with Crippen LogP contribution in [-0.2, 0) is 16.4 Å². The van der Waals surface area contributed by atoms with Crippen LogP contribution in [0.15, 0.2) is 41.7 Å². The summed E-state index contributed by atoms with van der Waals surface area (Å²) in [5.74, 6) is 0.583. The fourth-order valence-corrected chi connectivity index (χ4v) is 2.62. The summed E-state index contributed by atoms with van der Waals surface area (Å²) >= 11 is 0. The summed E-state index contributed by atoms with van der Waals surface area (Å²) < 4.78 is 23.3. The van der Waals surface area contributed by atoms with E-state index in [4.69, 9.17) is 0 Å². The number of rotatable bonds is 4. The molecule has 0 saturated heterocycles. The Morgan fingerprint density at radius 3 is 2.81 bits per heavy atom. The number of hydrogen-bond acceptors (Lipinski definition) is 6. The molecule has 2 heterocycles. The molecule has 0 spiro atoms. The number of nitrogens with one attached hydrogen (secondary N) is 2. The van der Waals surface area contributed by atoms with Gasteiger partial charge in [-0.25, -0.2) is 18.4 Å². The fraction of sp³-hybridized carbons (Fsp3) is 0.154. The molecule has 0 saturated carbocycles. The lowest BCUT2D eigenvalue weighted by Crippen LogP contribution is -2.04. The Morgan fingerprint density at radius 1 is 1.24 bits per heavy atom. The lowest BCUT2D eigenvalue weighted by molar-refractivity contribution is 0.602. The largest absolute Gasteiger partial charge is 0.364 e. The van der Waals surface area contributed by atoms with Crippen LogP contribution >= 0.6 is 0 Å². The molecule has 2 N–H and O–H groups in total. The molecular weight excluding hydrogens is 290 g/mol.